The lowest BCUT2D eigenvalue weighted by molar-refractivity contribution is -0.124. The zero-order valence-corrected chi connectivity index (χ0v) is 16.2. The fraction of sp³-hybridized carbons (Fsp3) is 0.565. The molecule has 1 saturated heterocycles. The molecule has 2 nitrogen and oxygen atoms in total. The molecule has 25 heavy (non-hydrogen) atoms. The number of fused-ring (bicyclic) bond motifs is 1. The van der Waals surface area contributed by atoms with Crippen molar-refractivity contribution in [2.24, 2.45) is 17.3 Å². The fourth-order valence-corrected chi connectivity index (χ4v) is 4.84. The molecule has 1 saturated carbocycles. The van der Waals surface area contributed by atoms with Gasteiger partial charge in [-0.15, -0.1) is 0 Å². The quantitative estimate of drug-likeness (QED) is 0.590. The lowest BCUT2D eigenvalue weighted by atomic mass is 9.58. The molecule has 1 heterocycles. The van der Waals surface area contributed by atoms with Crippen molar-refractivity contribution in [3.8, 4) is 0 Å². The molecule has 1 aromatic rings. The molecule has 1 aliphatic carbocycles. The number of allylic oxidation sites excluding steroid dienone is 2. The molecule has 136 valence electrons. The summed E-state index contributed by atoms with van der Waals surface area (Å²) in [5, 5.41) is 0. The van der Waals surface area contributed by atoms with Gasteiger partial charge in [0.15, 0.2) is 0 Å². The van der Waals surface area contributed by atoms with Gasteiger partial charge in [-0.1, -0.05) is 69.7 Å². The molecule has 2 fully saturated rings. The van der Waals surface area contributed by atoms with Gasteiger partial charge in [-0.3, -0.25) is 0 Å². The van der Waals surface area contributed by atoms with Crippen molar-refractivity contribution >= 4 is 0 Å². The molecule has 0 radical (unpaired) electrons. The molecule has 0 spiro atoms. The molecule has 4 unspecified atom stereocenters. The molecular weight excluding hydrogens is 308 g/mol. The van der Waals surface area contributed by atoms with E-state index in [2.05, 4.69) is 58.5 Å². The Morgan fingerprint density at radius 2 is 2.00 bits per heavy atom. The first-order valence-electron chi connectivity index (χ1n) is 9.72. The van der Waals surface area contributed by atoms with Crippen molar-refractivity contribution in [3.63, 3.8) is 0 Å². The Kier molecular flexibility index (Phi) is 5.38. The van der Waals surface area contributed by atoms with Crippen LogP contribution in [0.15, 0.2) is 53.8 Å². The molecule has 3 rings (SSSR count). The third-order valence-electron chi connectivity index (χ3n) is 6.41. The molecule has 0 N–H and O–H groups in total. The van der Waals surface area contributed by atoms with Crippen LogP contribution in [0.1, 0.15) is 58.9 Å². The second kappa shape index (κ2) is 7.37. The maximum atomic E-state index is 6.48. The number of rotatable bonds is 5. The monoisotopic (exact) mass is 340 g/mol. The summed E-state index contributed by atoms with van der Waals surface area (Å²) in [7, 11) is 0. The molecule has 1 aliphatic heterocycles. The van der Waals surface area contributed by atoms with Crippen LogP contribution in [0.25, 0.3) is 0 Å². The second-order valence-corrected chi connectivity index (χ2v) is 7.81. The summed E-state index contributed by atoms with van der Waals surface area (Å²) in [5.74, 6) is 2.06. The van der Waals surface area contributed by atoms with Crippen LogP contribution < -0.4 is 0 Å². The van der Waals surface area contributed by atoms with Crippen LogP contribution >= 0.6 is 0 Å². The fourth-order valence-electron chi connectivity index (χ4n) is 4.84. The smallest absolute Gasteiger partial charge is 0.207 e. The Morgan fingerprint density at radius 3 is 2.64 bits per heavy atom. The van der Waals surface area contributed by atoms with Gasteiger partial charge in [0.2, 0.25) is 6.29 Å². The zero-order chi connectivity index (χ0) is 18.0. The van der Waals surface area contributed by atoms with Crippen LogP contribution in [-0.2, 0) is 16.1 Å². The van der Waals surface area contributed by atoms with E-state index in [4.69, 9.17) is 9.47 Å². The molecule has 2 heteroatoms. The molecule has 2 aliphatic rings. The maximum absolute atomic E-state index is 6.48. The minimum atomic E-state index is -0.219. The van der Waals surface area contributed by atoms with E-state index < -0.39 is 0 Å². The summed E-state index contributed by atoms with van der Waals surface area (Å²) in [4.78, 5) is 0. The largest absolute Gasteiger partial charge is 0.468 e. The minimum Gasteiger partial charge on any atom is -0.468 e. The van der Waals surface area contributed by atoms with E-state index in [0.29, 0.717) is 12.5 Å². The molecular formula is C23H32O2. The molecule has 0 aromatic heterocycles. The summed E-state index contributed by atoms with van der Waals surface area (Å²) in [6.07, 6.45) is 4.27. The van der Waals surface area contributed by atoms with Gasteiger partial charge in [-0.05, 0) is 43.2 Å². The van der Waals surface area contributed by atoms with E-state index in [-0.39, 0.29) is 17.6 Å². The van der Waals surface area contributed by atoms with Gasteiger partial charge in [0.25, 0.3) is 0 Å². The second-order valence-electron chi connectivity index (χ2n) is 7.81. The van der Waals surface area contributed by atoms with Gasteiger partial charge in [-0.25, -0.2) is 0 Å². The first kappa shape index (κ1) is 18.3. The first-order valence-corrected chi connectivity index (χ1v) is 9.72. The zero-order valence-electron chi connectivity index (χ0n) is 16.2. The van der Waals surface area contributed by atoms with Gasteiger partial charge in [-0.2, -0.15) is 0 Å². The van der Waals surface area contributed by atoms with Crippen LogP contribution in [0, 0.1) is 17.3 Å². The Labute approximate surface area is 152 Å². The van der Waals surface area contributed by atoms with Gasteiger partial charge >= 0.3 is 0 Å². The van der Waals surface area contributed by atoms with E-state index in [0.717, 1.165) is 12.8 Å². The minimum absolute atomic E-state index is 0.0194. The third-order valence-corrected chi connectivity index (χ3v) is 6.41. The highest BCUT2D eigenvalue weighted by Crippen LogP contribution is 2.60. The van der Waals surface area contributed by atoms with E-state index in [1.165, 1.54) is 35.3 Å². The normalized spacial score (nSPS) is 33.8. The SMILES string of the molecule is C=C1CCC(CC)C2(C)C(=C(C)CC)OC(OCc3ccccc3)C12. The Hall–Kier alpha value is -1.54. The van der Waals surface area contributed by atoms with Gasteiger partial charge in [0.05, 0.1) is 12.5 Å². The molecule has 1 aromatic carbocycles. The Morgan fingerprint density at radius 1 is 1.28 bits per heavy atom. The molecule has 0 amide bonds. The lowest BCUT2D eigenvalue weighted by Crippen LogP contribution is -2.41. The number of hydrogen-bond acceptors (Lipinski definition) is 2. The lowest BCUT2D eigenvalue weighted by Gasteiger charge is -2.44. The van der Waals surface area contributed by atoms with Crippen LogP contribution in [0.2, 0.25) is 0 Å². The number of ether oxygens (including phenoxy) is 2. The Balaban J connectivity index is 1.91. The van der Waals surface area contributed by atoms with E-state index in [1.807, 2.05) is 6.07 Å². The summed E-state index contributed by atoms with van der Waals surface area (Å²) in [6.45, 7) is 14.1. The molecule has 4 atom stereocenters. The van der Waals surface area contributed by atoms with Crippen molar-refractivity contribution in [2.45, 2.75) is 66.3 Å². The van der Waals surface area contributed by atoms with Crippen LogP contribution in [0.4, 0.5) is 0 Å². The van der Waals surface area contributed by atoms with Crippen LogP contribution in [0.5, 0.6) is 0 Å². The average molecular weight is 341 g/mol. The summed E-state index contributed by atoms with van der Waals surface area (Å²) < 4.78 is 12.8. The first-order chi connectivity index (χ1) is 12.0. The Bertz CT molecular complexity index is 645. The van der Waals surface area contributed by atoms with E-state index in [9.17, 15) is 0 Å². The number of benzene rings is 1. The molecule has 0 bridgehead atoms. The van der Waals surface area contributed by atoms with Crippen molar-refractivity contribution in [2.75, 3.05) is 0 Å². The number of hydrogen-bond donors (Lipinski definition) is 0. The average Bonchev–Trinajstić information content (AvgIpc) is 2.94. The van der Waals surface area contributed by atoms with Crippen LogP contribution in [0.3, 0.4) is 0 Å². The van der Waals surface area contributed by atoms with Crippen molar-refractivity contribution < 1.29 is 9.47 Å². The van der Waals surface area contributed by atoms with Gasteiger partial charge in [0.1, 0.15) is 5.76 Å². The summed E-state index contributed by atoms with van der Waals surface area (Å²) in [5.41, 5.74) is 3.85. The predicted octanol–water partition coefficient (Wildman–Crippen LogP) is 6.24. The van der Waals surface area contributed by atoms with E-state index in [1.54, 1.807) is 0 Å². The highest BCUT2D eigenvalue weighted by atomic mass is 16.7. The predicted molar refractivity (Wildman–Crippen MR) is 103 cm³/mol. The van der Waals surface area contributed by atoms with E-state index >= 15 is 0 Å². The standard InChI is InChI=1S/C23H32O2/c1-6-16(3)21-23(5)19(7-2)14-13-17(4)20(23)22(25-21)24-15-18-11-9-8-10-12-18/h8-12,19-20,22H,4,6-7,13-15H2,1-3,5H3. The summed E-state index contributed by atoms with van der Waals surface area (Å²) in [6, 6.07) is 10.3. The van der Waals surface area contributed by atoms with Gasteiger partial charge < -0.3 is 9.47 Å². The van der Waals surface area contributed by atoms with Gasteiger partial charge in [0, 0.05) is 5.41 Å². The highest BCUT2D eigenvalue weighted by Gasteiger charge is 2.58. The van der Waals surface area contributed by atoms with Crippen LogP contribution in [-0.4, -0.2) is 6.29 Å². The van der Waals surface area contributed by atoms with Crippen molar-refractivity contribution in [3.05, 3.63) is 59.4 Å². The summed E-state index contributed by atoms with van der Waals surface area (Å²) >= 11 is 0. The van der Waals surface area contributed by atoms with Crippen molar-refractivity contribution in [1.82, 2.24) is 0 Å². The third kappa shape index (κ3) is 3.17. The highest BCUT2D eigenvalue weighted by molar-refractivity contribution is 5.30. The topological polar surface area (TPSA) is 18.5 Å². The van der Waals surface area contributed by atoms with Crippen molar-refractivity contribution in [1.29, 1.82) is 0 Å². The maximum Gasteiger partial charge on any atom is 0.207 e.